The molecule has 0 bridgehead atoms. The van der Waals surface area contributed by atoms with Crippen LogP contribution in [0.3, 0.4) is 0 Å². The Hall–Kier alpha value is -2.33. The van der Waals surface area contributed by atoms with Crippen molar-refractivity contribution in [1.82, 2.24) is 10.2 Å². The number of hydrogen-bond donors (Lipinski definition) is 1. The minimum absolute atomic E-state index is 0.644. The molecule has 126 valence electrons. The Labute approximate surface area is 144 Å². The summed E-state index contributed by atoms with van der Waals surface area (Å²) < 4.78 is 5.21. The number of hydrogen-bond acceptors (Lipinski definition) is 2. The minimum Gasteiger partial charge on any atom is -0.380 e. The van der Waals surface area contributed by atoms with Crippen molar-refractivity contribution in [3.8, 4) is 0 Å². The van der Waals surface area contributed by atoms with Crippen LogP contribution in [0.15, 0.2) is 53.5 Å². The smallest absolute Gasteiger partial charge is 0.194 e. The van der Waals surface area contributed by atoms with Gasteiger partial charge >= 0.3 is 0 Å². The SMILES string of the molecule is CN=C(NCc1cccc(COC)c1)N1CCc2ccccc2C1. The number of guanidine groups is 1. The van der Waals surface area contributed by atoms with E-state index in [0.717, 1.165) is 32.0 Å². The first-order chi connectivity index (χ1) is 11.8. The molecule has 2 aromatic carbocycles. The van der Waals surface area contributed by atoms with Gasteiger partial charge in [-0.05, 0) is 28.7 Å². The van der Waals surface area contributed by atoms with Gasteiger partial charge in [0.1, 0.15) is 0 Å². The van der Waals surface area contributed by atoms with Crippen molar-refractivity contribution >= 4 is 5.96 Å². The Balaban J connectivity index is 1.63. The zero-order valence-electron chi connectivity index (χ0n) is 14.5. The summed E-state index contributed by atoms with van der Waals surface area (Å²) in [4.78, 5) is 6.79. The predicted octanol–water partition coefficient (Wildman–Crippen LogP) is 2.97. The van der Waals surface area contributed by atoms with Crippen LogP contribution in [0.5, 0.6) is 0 Å². The number of ether oxygens (including phenoxy) is 1. The summed E-state index contributed by atoms with van der Waals surface area (Å²) in [6.07, 6.45) is 1.07. The standard InChI is InChI=1S/C20H25N3O/c1-21-20(22-13-16-6-5-7-17(12-16)15-24-2)23-11-10-18-8-3-4-9-19(18)14-23/h3-9,12H,10-11,13-15H2,1-2H3,(H,21,22). The first-order valence-electron chi connectivity index (χ1n) is 8.39. The number of nitrogens with one attached hydrogen (secondary N) is 1. The van der Waals surface area contributed by atoms with Gasteiger partial charge in [-0.2, -0.15) is 0 Å². The number of aliphatic imine (C=N–C) groups is 1. The van der Waals surface area contributed by atoms with Gasteiger partial charge in [0.2, 0.25) is 0 Å². The van der Waals surface area contributed by atoms with E-state index in [4.69, 9.17) is 4.74 Å². The Morgan fingerprint density at radius 3 is 2.71 bits per heavy atom. The van der Waals surface area contributed by atoms with E-state index in [1.54, 1.807) is 7.11 Å². The van der Waals surface area contributed by atoms with Crippen molar-refractivity contribution in [1.29, 1.82) is 0 Å². The van der Waals surface area contributed by atoms with E-state index in [-0.39, 0.29) is 0 Å². The number of fused-ring (bicyclic) bond motifs is 1. The van der Waals surface area contributed by atoms with Crippen LogP contribution in [-0.2, 0) is 30.9 Å². The molecule has 1 aliphatic heterocycles. The van der Waals surface area contributed by atoms with E-state index in [9.17, 15) is 0 Å². The third-order valence-electron chi connectivity index (χ3n) is 4.40. The first kappa shape index (κ1) is 16.5. The summed E-state index contributed by atoms with van der Waals surface area (Å²) in [6, 6.07) is 17.1. The van der Waals surface area contributed by atoms with Gasteiger partial charge in [-0.25, -0.2) is 0 Å². The lowest BCUT2D eigenvalue weighted by atomic mass is 10.0. The van der Waals surface area contributed by atoms with E-state index >= 15 is 0 Å². The van der Waals surface area contributed by atoms with E-state index in [0.29, 0.717) is 6.61 Å². The molecule has 24 heavy (non-hydrogen) atoms. The second-order valence-corrected chi connectivity index (χ2v) is 6.09. The fourth-order valence-electron chi connectivity index (χ4n) is 3.19. The molecular weight excluding hydrogens is 298 g/mol. The molecule has 0 aromatic heterocycles. The average Bonchev–Trinajstić information content (AvgIpc) is 2.63. The van der Waals surface area contributed by atoms with Gasteiger partial charge in [0.25, 0.3) is 0 Å². The number of nitrogens with zero attached hydrogens (tertiary/aromatic N) is 2. The maximum absolute atomic E-state index is 5.21. The molecule has 1 heterocycles. The molecular formula is C20H25N3O. The summed E-state index contributed by atoms with van der Waals surface area (Å²) in [5.41, 5.74) is 5.28. The van der Waals surface area contributed by atoms with E-state index in [2.05, 4.69) is 63.7 Å². The Morgan fingerprint density at radius 2 is 1.92 bits per heavy atom. The van der Waals surface area contributed by atoms with Gasteiger partial charge in [0, 0.05) is 33.8 Å². The van der Waals surface area contributed by atoms with Crippen molar-refractivity contribution in [3.63, 3.8) is 0 Å². The Bertz CT molecular complexity index is 712. The predicted molar refractivity (Wildman–Crippen MR) is 97.9 cm³/mol. The molecule has 1 N–H and O–H groups in total. The molecule has 0 spiro atoms. The first-order valence-corrected chi connectivity index (χ1v) is 8.39. The largest absolute Gasteiger partial charge is 0.380 e. The topological polar surface area (TPSA) is 36.9 Å². The zero-order chi connectivity index (χ0) is 16.8. The van der Waals surface area contributed by atoms with Crippen LogP contribution in [0.1, 0.15) is 22.3 Å². The number of benzene rings is 2. The third kappa shape index (κ3) is 3.95. The van der Waals surface area contributed by atoms with Crippen molar-refractivity contribution in [2.75, 3.05) is 20.7 Å². The fourth-order valence-corrected chi connectivity index (χ4v) is 3.19. The lowest BCUT2D eigenvalue weighted by Crippen LogP contribution is -2.43. The van der Waals surface area contributed by atoms with Crippen molar-refractivity contribution in [3.05, 3.63) is 70.8 Å². The second kappa shape index (κ2) is 7.97. The van der Waals surface area contributed by atoms with Gasteiger partial charge < -0.3 is 15.0 Å². The lowest BCUT2D eigenvalue weighted by Gasteiger charge is -2.31. The maximum Gasteiger partial charge on any atom is 0.194 e. The second-order valence-electron chi connectivity index (χ2n) is 6.09. The normalized spacial score (nSPS) is 14.4. The molecule has 0 atom stereocenters. The molecule has 2 aromatic rings. The molecule has 0 unspecified atom stereocenters. The average molecular weight is 323 g/mol. The highest BCUT2D eigenvalue weighted by atomic mass is 16.5. The molecule has 1 aliphatic rings. The minimum atomic E-state index is 0.644. The maximum atomic E-state index is 5.21. The van der Waals surface area contributed by atoms with Crippen molar-refractivity contribution < 1.29 is 4.74 Å². The highest BCUT2D eigenvalue weighted by Gasteiger charge is 2.18. The van der Waals surface area contributed by atoms with Crippen LogP contribution in [0.4, 0.5) is 0 Å². The van der Waals surface area contributed by atoms with Gasteiger partial charge in [-0.3, -0.25) is 4.99 Å². The summed E-state index contributed by atoms with van der Waals surface area (Å²) in [6.45, 7) is 3.33. The molecule has 0 radical (unpaired) electrons. The van der Waals surface area contributed by atoms with Crippen molar-refractivity contribution in [2.24, 2.45) is 4.99 Å². The highest BCUT2D eigenvalue weighted by molar-refractivity contribution is 5.80. The summed E-state index contributed by atoms with van der Waals surface area (Å²) in [5.74, 6) is 0.960. The van der Waals surface area contributed by atoms with Crippen molar-refractivity contribution in [2.45, 2.75) is 26.1 Å². The Morgan fingerprint density at radius 1 is 1.12 bits per heavy atom. The van der Waals surface area contributed by atoms with Gasteiger partial charge in [-0.1, -0.05) is 48.5 Å². The quantitative estimate of drug-likeness (QED) is 0.694. The van der Waals surface area contributed by atoms with Crippen LogP contribution in [-0.4, -0.2) is 31.6 Å². The summed E-state index contributed by atoms with van der Waals surface area (Å²) in [7, 11) is 3.57. The van der Waals surface area contributed by atoms with E-state index < -0.39 is 0 Å². The third-order valence-corrected chi connectivity index (χ3v) is 4.40. The van der Waals surface area contributed by atoms with Gasteiger partial charge in [0.05, 0.1) is 6.61 Å². The van der Waals surface area contributed by atoms with Gasteiger partial charge in [-0.15, -0.1) is 0 Å². The Kier molecular flexibility index (Phi) is 5.49. The summed E-state index contributed by atoms with van der Waals surface area (Å²) >= 11 is 0. The highest BCUT2D eigenvalue weighted by Crippen LogP contribution is 2.18. The monoisotopic (exact) mass is 323 g/mol. The van der Waals surface area contributed by atoms with Gasteiger partial charge in [0.15, 0.2) is 5.96 Å². The number of rotatable bonds is 4. The van der Waals surface area contributed by atoms with Crippen LogP contribution < -0.4 is 5.32 Å². The fraction of sp³-hybridized carbons (Fsp3) is 0.350. The summed E-state index contributed by atoms with van der Waals surface area (Å²) in [5, 5.41) is 3.49. The van der Waals surface area contributed by atoms with E-state index in [1.807, 2.05) is 7.05 Å². The molecule has 0 fully saturated rings. The van der Waals surface area contributed by atoms with E-state index in [1.165, 1.54) is 22.3 Å². The molecule has 0 saturated carbocycles. The molecule has 4 nitrogen and oxygen atoms in total. The molecule has 4 heteroatoms. The van der Waals surface area contributed by atoms with Crippen LogP contribution in [0.25, 0.3) is 0 Å². The van der Waals surface area contributed by atoms with Crippen LogP contribution >= 0.6 is 0 Å². The molecule has 0 aliphatic carbocycles. The zero-order valence-corrected chi connectivity index (χ0v) is 14.5. The molecule has 3 rings (SSSR count). The molecule has 0 saturated heterocycles. The number of methoxy groups -OCH3 is 1. The lowest BCUT2D eigenvalue weighted by molar-refractivity contribution is 0.185. The molecule has 0 amide bonds. The van der Waals surface area contributed by atoms with Crippen LogP contribution in [0.2, 0.25) is 0 Å². The van der Waals surface area contributed by atoms with Crippen LogP contribution in [0, 0.1) is 0 Å².